The third-order valence-corrected chi connectivity index (χ3v) is 4.34. The van der Waals surface area contributed by atoms with Crippen LogP contribution in [0.4, 0.5) is 5.69 Å². The highest BCUT2D eigenvalue weighted by Crippen LogP contribution is 2.34. The van der Waals surface area contributed by atoms with Crippen LogP contribution in [0, 0.1) is 17.4 Å². The normalized spacial score (nSPS) is 10.3. The Bertz CT molecular complexity index is 728. The van der Waals surface area contributed by atoms with E-state index in [1.54, 1.807) is 19.2 Å². The quantitative estimate of drug-likeness (QED) is 0.715. The van der Waals surface area contributed by atoms with Gasteiger partial charge in [0, 0.05) is 11.3 Å². The minimum Gasteiger partial charge on any atom is -0.492 e. The van der Waals surface area contributed by atoms with Crippen molar-refractivity contribution in [3.63, 3.8) is 0 Å². The van der Waals surface area contributed by atoms with E-state index in [0.29, 0.717) is 23.7 Å². The van der Waals surface area contributed by atoms with Gasteiger partial charge in [-0.1, -0.05) is 6.07 Å². The molecule has 0 radical (unpaired) electrons. The smallest absolute Gasteiger partial charge is 0.255 e. The first kappa shape index (κ1) is 17.6. The number of hydrogen-bond donors (Lipinski definition) is 1. The van der Waals surface area contributed by atoms with E-state index in [1.807, 2.05) is 39.0 Å². The Morgan fingerprint density at radius 2 is 1.91 bits per heavy atom. The molecular formula is C18H20INO3. The van der Waals surface area contributed by atoms with Crippen LogP contribution in [0.25, 0.3) is 0 Å². The SMILES string of the molecule is CCOc1cc(C(=O)Nc2ccc(C)c(C)c2)cc(I)c1OC. The van der Waals surface area contributed by atoms with Gasteiger partial charge < -0.3 is 14.8 Å². The number of anilines is 1. The molecule has 0 unspecified atom stereocenters. The topological polar surface area (TPSA) is 47.6 Å². The van der Waals surface area contributed by atoms with Crippen molar-refractivity contribution in [2.75, 3.05) is 19.0 Å². The number of halogens is 1. The molecule has 2 rings (SSSR count). The number of carbonyl (C=O) groups excluding carboxylic acids is 1. The number of aryl methyl sites for hydroxylation is 2. The summed E-state index contributed by atoms with van der Waals surface area (Å²) < 4.78 is 11.8. The summed E-state index contributed by atoms with van der Waals surface area (Å²) in [5, 5.41) is 2.92. The standard InChI is InChI=1S/C18H20INO3/c1-5-23-16-10-13(9-15(19)17(16)22-4)18(21)20-14-7-6-11(2)12(3)8-14/h6-10H,5H2,1-4H3,(H,20,21). The summed E-state index contributed by atoms with van der Waals surface area (Å²) in [6.07, 6.45) is 0. The summed E-state index contributed by atoms with van der Waals surface area (Å²) in [4.78, 5) is 12.5. The van der Waals surface area contributed by atoms with E-state index in [-0.39, 0.29) is 5.91 Å². The first-order valence-corrected chi connectivity index (χ1v) is 8.43. The van der Waals surface area contributed by atoms with Gasteiger partial charge in [0.25, 0.3) is 5.91 Å². The second kappa shape index (κ2) is 7.68. The number of amides is 1. The van der Waals surface area contributed by atoms with Crippen molar-refractivity contribution < 1.29 is 14.3 Å². The highest BCUT2D eigenvalue weighted by molar-refractivity contribution is 14.1. The van der Waals surface area contributed by atoms with E-state index in [9.17, 15) is 4.79 Å². The van der Waals surface area contributed by atoms with E-state index in [4.69, 9.17) is 9.47 Å². The van der Waals surface area contributed by atoms with Crippen LogP contribution in [-0.2, 0) is 0 Å². The van der Waals surface area contributed by atoms with E-state index in [1.165, 1.54) is 5.56 Å². The zero-order valence-electron chi connectivity index (χ0n) is 13.7. The van der Waals surface area contributed by atoms with Gasteiger partial charge in [0.2, 0.25) is 0 Å². The Hall–Kier alpha value is -1.76. The second-order valence-electron chi connectivity index (χ2n) is 5.18. The van der Waals surface area contributed by atoms with Crippen LogP contribution >= 0.6 is 22.6 Å². The van der Waals surface area contributed by atoms with Gasteiger partial charge in [-0.15, -0.1) is 0 Å². The van der Waals surface area contributed by atoms with Gasteiger partial charge >= 0.3 is 0 Å². The van der Waals surface area contributed by atoms with Crippen molar-refractivity contribution in [1.82, 2.24) is 0 Å². The number of rotatable bonds is 5. The van der Waals surface area contributed by atoms with Crippen LogP contribution < -0.4 is 14.8 Å². The first-order chi connectivity index (χ1) is 11.0. The molecule has 0 aliphatic heterocycles. The van der Waals surface area contributed by atoms with Gasteiger partial charge in [0.05, 0.1) is 17.3 Å². The monoisotopic (exact) mass is 425 g/mol. The molecule has 0 aromatic heterocycles. The highest BCUT2D eigenvalue weighted by atomic mass is 127. The van der Waals surface area contributed by atoms with Gasteiger partial charge in [-0.2, -0.15) is 0 Å². The highest BCUT2D eigenvalue weighted by Gasteiger charge is 2.15. The fourth-order valence-corrected chi connectivity index (χ4v) is 3.00. The summed E-state index contributed by atoms with van der Waals surface area (Å²) in [5.41, 5.74) is 3.65. The Balaban J connectivity index is 2.29. The largest absolute Gasteiger partial charge is 0.492 e. The van der Waals surface area contributed by atoms with Gasteiger partial charge in [-0.05, 0) is 78.8 Å². The summed E-state index contributed by atoms with van der Waals surface area (Å²) in [6, 6.07) is 9.36. The van der Waals surface area contributed by atoms with Crippen molar-refractivity contribution in [1.29, 1.82) is 0 Å². The molecule has 0 spiro atoms. The molecule has 0 saturated heterocycles. The van der Waals surface area contributed by atoms with E-state index >= 15 is 0 Å². The molecule has 0 heterocycles. The van der Waals surface area contributed by atoms with Crippen LogP contribution in [0.1, 0.15) is 28.4 Å². The number of methoxy groups -OCH3 is 1. The Morgan fingerprint density at radius 1 is 1.17 bits per heavy atom. The van der Waals surface area contributed by atoms with Crippen LogP contribution in [-0.4, -0.2) is 19.6 Å². The number of benzene rings is 2. The Morgan fingerprint density at radius 3 is 2.52 bits per heavy atom. The average molecular weight is 425 g/mol. The zero-order valence-corrected chi connectivity index (χ0v) is 15.9. The molecule has 0 fully saturated rings. The molecule has 4 nitrogen and oxygen atoms in total. The van der Waals surface area contributed by atoms with Crippen LogP contribution in [0.3, 0.4) is 0 Å². The summed E-state index contributed by atoms with van der Waals surface area (Å²) in [6.45, 7) is 6.47. The molecule has 2 aromatic rings. The fourth-order valence-electron chi connectivity index (χ4n) is 2.18. The third-order valence-electron chi connectivity index (χ3n) is 3.54. The van der Waals surface area contributed by atoms with Gasteiger partial charge in [0.1, 0.15) is 0 Å². The second-order valence-corrected chi connectivity index (χ2v) is 6.34. The molecule has 0 aliphatic carbocycles. The van der Waals surface area contributed by atoms with E-state index < -0.39 is 0 Å². The van der Waals surface area contributed by atoms with Gasteiger partial charge in [-0.25, -0.2) is 0 Å². The fraction of sp³-hybridized carbons (Fsp3) is 0.278. The molecular weight excluding hydrogens is 405 g/mol. The lowest BCUT2D eigenvalue weighted by Crippen LogP contribution is -2.13. The molecule has 1 amide bonds. The van der Waals surface area contributed by atoms with Crippen molar-refractivity contribution in [2.45, 2.75) is 20.8 Å². The number of carbonyl (C=O) groups is 1. The first-order valence-electron chi connectivity index (χ1n) is 7.35. The zero-order chi connectivity index (χ0) is 17.0. The van der Waals surface area contributed by atoms with Crippen molar-refractivity contribution >= 4 is 34.2 Å². The summed E-state index contributed by atoms with van der Waals surface area (Å²) in [5.74, 6) is 1.05. The number of hydrogen-bond acceptors (Lipinski definition) is 3. The molecule has 0 saturated carbocycles. The van der Waals surface area contributed by atoms with E-state index in [2.05, 4.69) is 27.9 Å². The molecule has 23 heavy (non-hydrogen) atoms. The summed E-state index contributed by atoms with van der Waals surface area (Å²) in [7, 11) is 1.59. The molecule has 0 bridgehead atoms. The molecule has 0 atom stereocenters. The van der Waals surface area contributed by atoms with Crippen LogP contribution in [0.5, 0.6) is 11.5 Å². The Labute approximate surface area is 150 Å². The maximum Gasteiger partial charge on any atom is 0.255 e. The summed E-state index contributed by atoms with van der Waals surface area (Å²) >= 11 is 2.14. The number of nitrogens with one attached hydrogen (secondary N) is 1. The minimum atomic E-state index is -0.172. The predicted molar refractivity (Wildman–Crippen MR) is 101 cm³/mol. The lowest BCUT2D eigenvalue weighted by Gasteiger charge is -2.13. The lowest BCUT2D eigenvalue weighted by atomic mass is 10.1. The molecule has 1 N–H and O–H groups in total. The molecule has 5 heteroatoms. The number of ether oxygens (including phenoxy) is 2. The maximum atomic E-state index is 12.5. The minimum absolute atomic E-state index is 0.172. The molecule has 2 aromatic carbocycles. The molecule has 122 valence electrons. The van der Waals surface area contributed by atoms with Crippen LogP contribution in [0.2, 0.25) is 0 Å². The van der Waals surface area contributed by atoms with E-state index in [0.717, 1.165) is 14.8 Å². The average Bonchev–Trinajstić information content (AvgIpc) is 2.51. The third kappa shape index (κ3) is 4.16. The Kier molecular flexibility index (Phi) is 5.87. The maximum absolute atomic E-state index is 12.5. The van der Waals surface area contributed by atoms with Gasteiger partial charge in [-0.3, -0.25) is 4.79 Å². The van der Waals surface area contributed by atoms with Crippen molar-refractivity contribution in [2.24, 2.45) is 0 Å². The van der Waals surface area contributed by atoms with Gasteiger partial charge in [0.15, 0.2) is 11.5 Å². The van der Waals surface area contributed by atoms with Crippen molar-refractivity contribution in [3.05, 3.63) is 50.6 Å². The van der Waals surface area contributed by atoms with Crippen molar-refractivity contribution in [3.8, 4) is 11.5 Å². The molecule has 0 aliphatic rings. The van der Waals surface area contributed by atoms with Crippen LogP contribution in [0.15, 0.2) is 30.3 Å². The predicted octanol–water partition coefficient (Wildman–Crippen LogP) is 4.57. The lowest BCUT2D eigenvalue weighted by molar-refractivity contribution is 0.102.